The van der Waals surface area contributed by atoms with Crippen LogP contribution in [0, 0.1) is 12.7 Å². The van der Waals surface area contributed by atoms with E-state index in [0.717, 1.165) is 35.1 Å². The Kier molecular flexibility index (Phi) is 6.11. The second kappa shape index (κ2) is 9.53. The molecule has 1 fully saturated rings. The molecule has 1 aliphatic rings. The Morgan fingerprint density at radius 2 is 1.93 bits per heavy atom. The maximum Gasteiger partial charge on any atom is 0.372 e. The van der Waals surface area contributed by atoms with Crippen LogP contribution in [0.25, 0.3) is 32.9 Å². The quantitative estimate of drug-likeness (QED) is 0.114. The van der Waals surface area contributed by atoms with Crippen LogP contribution in [0.1, 0.15) is 69.2 Å². The number of nitrogens with one attached hydrogen (secondary N) is 2. The highest BCUT2D eigenvalue weighted by Gasteiger charge is 2.37. The van der Waals surface area contributed by atoms with Crippen LogP contribution in [-0.4, -0.2) is 43.6 Å². The van der Waals surface area contributed by atoms with Gasteiger partial charge >= 0.3 is 5.97 Å². The number of carboxylic acid groups (broad SMARTS) is 1. The summed E-state index contributed by atoms with van der Waals surface area (Å²) in [6.45, 7) is 3.63. The molecular formula is C31H27FN2O6. The number of aromatic nitrogens is 2. The summed E-state index contributed by atoms with van der Waals surface area (Å²) in [6, 6.07) is 7.93. The Morgan fingerprint density at radius 3 is 2.62 bits per heavy atom. The van der Waals surface area contributed by atoms with Crippen LogP contribution in [0.4, 0.5) is 4.39 Å². The molecule has 204 valence electrons. The second-order valence-electron chi connectivity index (χ2n) is 10.4. The molecule has 5 aromatic rings. The van der Waals surface area contributed by atoms with E-state index >= 15 is 0 Å². The number of ketones is 1. The van der Waals surface area contributed by atoms with E-state index in [4.69, 9.17) is 4.42 Å². The molecule has 2 aromatic carbocycles. The number of carboxylic acids is 1. The van der Waals surface area contributed by atoms with E-state index in [9.17, 15) is 29.3 Å². The fraction of sp³-hybridized carbons (Fsp3) is 0.226. The van der Waals surface area contributed by atoms with Gasteiger partial charge in [0, 0.05) is 39.3 Å². The number of hydrogen-bond acceptors (Lipinski definition) is 5. The highest BCUT2D eigenvalue weighted by molar-refractivity contribution is 6.19. The maximum absolute atomic E-state index is 14.0. The summed E-state index contributed by atoms with van der Waals surface area (Å²) in [5.41, 5.74) is 4.93. The minimum absolute atomic E-state index is 0.0523. The molecule has 0 bridgehead atoms. The fourth-order valence-corrected chi connectivity index (χ4v) is 5.40. The Hall–Kier alpha value is -4.63. The summed E-state index contributed by atoms with van der Waals surface area (Å²) >= 11 is 0. The number of allylic oxidation sites excluding steroid dienone is 1. The molecule has 40 heavy (non-hydrogen) atoms. The number of furan rings is 1. The van der Waals surface area contributed by atoms with Crippen LogP contribution in [0.3, 0.4) is 0 Å². The van der Waals surface area contributed by atoms with Gasteiger partial charge in [-0.05, 0) is 68.4 Å². The van der Waals surface area contributed by atoms with Gasteiger partial charge < -0.3 is 29.7 Å². The standard InChI is InChI=1S/C31H27FN2O6/c1-14(13-35)3-5-16-6-4-15(2)22-20(12-33-25(16)22)27(36)30-28(37)24(29(40-30)31(38)39)23-19-10-9-18(32)11-21(19)34-26(23)17-7-8-17/h3-4,6,9-12,17,33-35,37H,5,7-8,13H2,1-2H3,(H,38,39)/b14-3+. The van der Waals surface area contributed by atoms with Crippen LogP contribution in [0.5, 0.6) is 5.75 Å². The average molecular weight is 543 g/mol. The molecule has 8 nitrogen and oxygen atoms in total. The van der Waals surface area contributed by atoms with Crippen LogP contribution < -0.4 is 0 Å². The first-order valence-corrected chi connectivity index (χ1v) is 13.0. The lowest BCUT2D eigenvalue weighted by Crippen LogP contribution is -2.00. The van der Waals surface area contributed by atoms with Gasteiger partial charge in [-0.15, -0.1) is 0 Å². The molecule has 1 aliphatic carbocycles. The first kappa shape index (κ1) is 25.6. The number of carbonyl (C=O) groups excluding carboxylic acids is 1. The van der Waals surface area contributed by atoms with Crippen molar-refractivity contribution < 1.29 is 33.7 Å². The molecule has 6 rings (SSSR count). The van der Waals surface area contributed by atoms with Crippen molar-refractivity contribution in [1.82, 2.24) is 9.97 Å². The van der Waals surface area contributed by atoms with Gasteiger partial charge in [0.1, 0.15) is 5.82 Å². The highest BCUT2D eigenvalue weighted by Crippen LogP contribution is 2.51. The second-order valence-corrected chi connectivity index (χ2v) is 10.4. The predicted octanol–water partition coefficient (Wildman–Crippen LogP) is 6.35. The number of aromatic hydroxyl groups is 1. The largest absolute Gasteiger partial charge is 0.504 e. The fourth-order valence-electron chi connectivity index (χ4n) is 5.40. The number of aliphatic hydroxyl groups is 1. The Balaban J connectivity index is 1.52. The van der Waals surface area contributed by atoms with Gasteiger partial charge in [0.05, 0.1) is 17.7 Å². The molecule has 3 heterocycles. The minimum Gasteiger partial charge on any atom is -0.504 e. The number of H-pyrrole nitrogens is 2. The summed E-state index contributed by atoms with van der Waals surface area (Å²) in [5.74, 6) is -4.07. The topological polar surface area (TPSA) is 140 Å². The van der Waals surface area contributed by atoms with Crippen LogP contribution in [0.2, 0.25) is 0 Å². The Bertz CT molecular complexity index is 1870. The molecule has 0 spiro atoms. The molecule has 9 heteroatoms. The first-order valence-electron chi connectivity index (χ1n) is 13.0. The zero-order valence-electron chi connectivity index (χ0n) is 21.9. The van der Waals surface area contributed by atoms with Gasteiger partial charge in [0.25, 0.3) is 0 Å². The number of aromatic carboxylic acids is 1. The summed E-state index contributed by atoms with van der Waals surface area (Å²) in [4.78, 5) is 32.5. The lowest BCUT2D eigenvalue weighted by atomic mass is 9.96. The van der Waals surface area contributed by atoms with Crippen LogP contribution >= 0.6 is 0 Å². The van der Waals surface area contributed by atoms with Gasteiger partial charge in [0.15, 0.2) is 5.75 Å². The smallest absolute Gasteiger partial charge is 0.372 e. The highest BCUT2D eigenvalue weighted by atomic mass is 19.1. The Labute approximate surface area is 227 Å². The predicted molar refractivity (Wildman–Crippen MR) is 148 cm³/mol. The normalized spacial score (nSPS) is 13.9. The monoisotopic (exact) mass is 542 g/mol. The number of benzene rings is 2. The van der Waals surface area contributed by atoms with E-state index in [0.29, 0.717) is 34.0 Å². The SMILES string of the molecule is C/C(=C\Cc1ccc(C)c2c(C(=O)c3oc(C(=O)O)c(-c4c(C5CC5)[nH]c5cc(F)ccc45)c3O)c[nH]c12)CO. The van der Waals surface area contributed by atoms with E-state index in [-0.39, 0.29) is 23.7 Å². The average Bonchev–Trinajstić information content (AvgIpc) is 3.42. The molecule has 0 amide bonds. The third-order valence-electron chi connectivity index (χ3n) is 7.60. The van der Waals surface area contributed by atoms with E-state index < -0.39 is 34.8 Å². The van der Waals surface area contributed by atoms with Crippen molar-refractivity contribution in [3.05, 3.63) is 87.9 Å². The molecule has 0 aliphatic heterocycles. The first-order chi connectivity index (χ1) is 19.2. The molecular weight excluding hydrogens is 515 g/mol. The number of halogens is 1. The van der Waals surface area contributed by atoms with Gasteiger partial charge in [-0.2, -0.15) is 0 Å². The maximum atomic E-state index is 14.0. The van der Waals surface area contributed by atoms with Gasteiger partial charge in [-0.1, -0.05) is 23.8 Å². The van der Waals surface area contributed by atoms with Crippen LogP contribution in [-0.2, 0) is 6.42 Å². The van der Waals surface area contributed by atoms with E-state index in [1.165, 1.54) is 24.4 Å². The van der Waals surface area contributed by atoms with Crippen molar-refractivity contribution in [2.45, 2.75) is 39.0 Å². The third kappa shape index (κ3) is 4.10. The van der Waals surface area contributed by atoms with Gasteiger partial charge in [0.2, 0.25) is 17.3 Å². The zero-order valence-corrected chi connectivity index (χ0v) is 21.9. The van der Waals surface area contributed by atoms with Crippen molar-refractivity contribution in [2.24, 2.45) is 0 Å². The summed E-state index contributed by atoms with van der Waals surface area (Å²) in [7, 11) is 0. The molecule has 0 unspecified atom stereocenters. The van der Waals surface area contributed by atoms with Gasteiger partial charge in [-0.3, -0.25) is 4.79 Å². The minimum atomic E-state index is -1.44. The van der Waals surface area contributed by atoms with Crippen molar-refractivity contribution in [2.75, 3.05) is 6.61 Å². The molecule has 0 radical (unpaired) electrons. The summed E-state index contributed by atoms with van der Waals surface area (Å²) < 4.78 is 19.6. The van der Waals surface area contributed by atoms with Crippen molar-refractivity contribution in [1.29, 1.82) is 0 Å². The number of rotatable bonds is 8. The van der Waals surface area contributed by atoms with E-state index in [1.54, 1.807) is 0 Å². The number of hydrogen-bond donors (Lipinski definition) is 5. The van der Waals surface area contributed by atoms with Crippen molar-refractivity contribution in [3.63, 3.8) is 0 Å². The van der Waals surface area contributed by atoms with Crippen molar-refractivity contribution >= 4 is 33.6 Å². The number of aromatic amines is 2. The summed E-state index contributed by atoms with van der Waals surface area (Å²) in [5, 5.41) is 31.9. The number of aryl methyl sites for hydroxylation is 1. The number of fused-ring (bicyclic) bond motifs is 2. The van der Waals surface area contributed by atoms with Crippen LogP contribution in [0.15, 0.2) is 52.6 Å². The number of aliphatic hydroxyl groups excluding tert-OH is 1. The number of carbonyl (C=O) groups is 2. The zero-order chi connectivity index (χ0) is 28.3. The molecule has 0 atom stereocenters. The Morgan fingerprint density at radius 1 is 1.15 bits per heavy atom. The van der Waals surface area contributed by atoms with Gasteiger partial charge in [-0.25, -0.2) is 9.18 Å². The molecule has 5 N–H and O–H groups in total. The lowest BCUT2D eigenvalue weighted by Gasteiger charge is -2.06. The molecule has 3 aromatic heterocycles. The summed E-state index contributed by atoms with van der Waals surface area (Å²) in [6.07, 6.45) is 5.68. The molecule has 1 saturated carbocycles. The van der Waals surface area contributed by atoms with E-state index in [2.05, 4.69) is 9.97 Å². The van der Waals surface area contributed by atoms with E-state index in [1.807, 2.05) is 32.1 Å². The third-order valence-corrected chi connectivity index (χ3v) is 7.60. The molecule has 0 saturated heterocycles. The van der Waals surface area contributed by atoms with Crippen molar-refractivity contribution in [3.8, 4) is 16.9 Å². The lowest BCUT2D eigenvalue weighted by molar-refractivity contribution is 0.0661.